The van der Waals surface area contributed by atoms with E-state index in [1.807, 2.05) is 66.2 Å². The minimum atomic E-state index is -0.409. The number of hydrogen-bond donors (Lipinski definition) is 0. The van der Waals surface area contributed by atoms with Gasteiger partial charge in [0.25, 0.3) is 0 Å². The smallest absolute Gasteiger partial charge is 0.341 e. The molecule has 5 rings (SSSR count). The molecule has 0 aliphatic carbocycles. The van der Waals surface area contributed by atoms with Gasteiger partial charge in [-0.05, 0) is 26.0 Å². The molecule has 0 aliphatic heterocycles. The molecule has 0 amide bonds. The van der Waals surface area contributed by atoms with Crippen LogP contribution < -0.4 is 0 Å². The molecule has 5 aromatic rings. The average molecular weight is 422 g/mol. The van der Waals surface area contributed by atoms with Crippen molar-refractivity contribution in [2.45, 2.75) is 20.4 Å². The quantitative estimate of drug-likeness (QED) is 0.349. The first kappa shape index (κ1) is 19.9. The van der Waals surface area contributed by atoms with E-state index in [0.29, 0.717) is 17.8 Å². The van der Waals surface area contributed by atoms with Gasteiger partial charge in [-0.15, -0.1) is 0 Å². The summed E-state index contributed by atoms with van der Waals surface area (Å²) in [5, 5.41) is 6.32. The number of aryl methyl sites for hydroxylation is 1. The van der Waals surface area contributed by atoms with E-state index in [0.717, 1.165) is 38.6 Å². The van der Waals surface area contributed by atoms with E-state index in [1.54, 1.807) is 19.3 Å². The second-order valence-electron chi connectivity index (χ2n) is 7.41. The first-order chi connectivity index (χ1) is 15.7. The highest BCUT2D eigenvalue weighted by Crippen LogP contribution is 2.38. The molecule has 32 heavy (non-hydrogen) atoms. The lowest BCUT2D eigenvalue weighted by Gasteiger charge is -2.16. The maximum Gasteiger partial charge on any atom is 0.341 e. The van der Waals surface area contributed by atoms with E-state index in [4.69, 9.17) is 9.72 Å². The lowest BCUT2D eigenvalue weighted by molar-refractivity contribution is 0.0528. The van der Waals surface area contributed by atoms with E-state index < -0.39 is 5.97 Å². The molecule has 6 nitrogen and oxygen atoms in total. The summed E-state index contributed by atoms with van der Waals surface area (Å²) >= 11 is 0. The summed E-state index contributed by atoms with van der Waals surface area (Å²) in [7, 11) is 0. The van der Waals surface area contributed by atoms with Gasteiger partial charge in [0, 0.05) is 40.2 Å². The number of aromatic nitrogens is 4. The first-order valence-electron chi connectivity index (χ1n) is 10.7. The standard InChI is InChI=1S/C26H22N4O2/c1-3-30-25-20(16-28-30)22(19-14-18-12-8-9-13-21(18)27-15-19)23(26(31)32-4-2)24(29-25)17-10-6-5-7-11-17/h5-16H,3-4H2,1-2H3. The summed E-state index contributed by atoms with van der Waals surface area (Å²) < 4.78 is 7.34. The van der Waals surface area contributed by atoms with Crippen LogP contribution in [0.1, 0.15) is 24.2 Å². The average Bonchev–Trinajstić information content (AvgIpc) is 3.26. The van der Waals surface area contributed by atoms with Gasteiger partial charge in [0.15, 0.2) is 5.65 Å². The van der Waals surface area contributed by atoms with Crippen molar-refractivity contribution >= 4 is 27.9 Å². The number of pyridine rings is 2. The predicted molar refractivity (Wildman–Crippen MR) is 125 cm³/mol. The molecule has 3 aromatic heterocycles. The molecule has 0 fully saturated rings. The topological polar surface area (TPSA) is 69.9 Å². The first-order valence-corrected chi connectivity index (χ1v) is 10.7. The predicted octanol–water partition coefficient (Wildman–Crippen LogP) is 5.51. The number of rotatable bonds is 5. The number of hydrogen-bond acceptors (Lipinski definition) is 5. The van der Waals surface area contributed by atoms with Crippen molar-refractivity contribution in [1.29, 1.82) is 0 Å². The van der Waals surface area contributed by atoms with Gasteiger partial charge in [-0.2, -0.15) is 5.10 Å². The monoisotopic (exact) mass is 422 g/mol. The fraction of sp³-hybridized carbons (Fsp3) is 0.154. The molecular weight excluding hydrogens is 400 g/mol. The molecule has 3 heterocycles. The van der Waals surface area contributed by atoms with Crippen LogP contribution in [-0.2, 0) is 11.3 Å². The molecule has 0 aliphatic rings. The number of nitrogens with zero attached hydrogens (tertiary/aromatic N) is 4. The third-order valence-electron chi connectivity index (χ3n) is 5.49. The third kappa shape index (κ3) is 3.30. The summed E-state index contributed by atoms with van der Waals surface area (Å²) in [6.45, 7) is 4.76. The van der Waals surface area contributed by atoms with Gasteiger partial charge in [0.05, 0.1) is 29.6 Å². The lowest BCUT2D eigenvalue weighted by Crippen LogP contribution is -2.11. The Morgan fingerprint density at radius 2 is 1.75 bits per heavy atom. The summed E-state index contributed by atoms with van der Waals surface area (Å²) in [6, 6.07) is 19.7. The molecule has 158 valence electrons. The van der Waals surface area contributed by atoms with E-state index >= 15 is 0 Å². The van der Waals surface area contributed by atoms with Crippen LogP contribution in [-0.4, -0.2) is 32.3 Å². The molecule has 0 saturated carbocycles. The van der Waals surface area contributed by atoms with Crippen molar-refractivity contribution in [3.63, 3.8) is 0 Å². The molecular formula is C26H22N4O2. The normalized spacial score (nSPS) is 11.2. The van der Waals surface area contributed by atoms with Crippen LogP contribution in [0.25, 0.3) is 44.3 Å². The van der Waals surface area contributed by atoms with E-state index in [1.165, 1.54) is 0 Å². The number of esters is 1. The zero-order valence-electron chi connectivity index (χ0n) is 17.9. The molecule has 0 saturated heterocycles. The Balaban J connectivity index is 1.91. The highest BCUT2D eigenvalue weighted by molar-refractivity contribution is 6.11. The Hall–Kier alpha value is -4.06. The van der Waals surface area contributed by atoms with Crippen molar-refractivity contribution < 1.29 is 9.53 Å². The van der Waals surface area contributed by atoms with Gasteiger partial charge >= 0.3 is 5.97 Å². The maximum atomic E-state index is 13.3. The zero-order valence-corrected chi connectivity index (χ0v) is 17.9. The van der Waals surface area contributed by atoms with Crippen molar-refractivity contribution in [3.05, 3.63) is 78.6 Å². The molecule has 6 heteroatoms. The minimum absolute atomic E-state index is 0.273. The second kappa shape index (κ2) is 8.23. The Bertz CT molecular complexity index is 1440. The zero-order chi connectivity index (χ0) is 22.1. The SMILES string of the molecule is CCOC(=O)c1c(-c2ccccc2)nc2c(cnn2CC)c1-c1cnc2ccccc2c1. The van der Waals surface area contributed by atoms with Crippen molar-refractivity contribution in [1.82, 2.24) is 19.7 Å². The number of para-hydroxylation sites is 1. The molecule has 0 unspecified atom stereocenters. The van der Waals surface area contributed by atoms with Gasteiger partial charge in [0.1, 0.15) is 0 Å². The van der Waals surface area contributed by atoms with Crippen LogP contribution in [0.5, 0.6) is 0 Å². The van der Waals surface area contributed by atoms with Gasteiger partial charge in [0.2, 0.25) is 0 Å². The van der Waals surface area contributed by atoms with Crippen molar-refractivity contribution in [2.75, 3.05) is 6.61 Å². The Morgan fingerprint density at radius 3 is 2.53 bits per heavy atom. The molecule has 0 atom stereocenters. The van der Waals surface area contributed by atoms with E-state index in [2.05, 4.69) is 16.1 Å². The van der Waals surface area contributed by atoms with Gasteiger partial charge in [-0.1, -0.05) is 48.5 Å². The highest BCUT2D eigenvalue weighted by Gasteiger charge is 2.26. The fourth-order valence-corrected chi connectivity index (χ4v) is 4.03. The number of carbonyl (C=O) groups excluding carboxylic acids is 1. The lowest BCUT2D eigenvalue weighted by atomic mass is 9.93. The van der Waals surface area contributed by atoms with Gasteiger partial charge in [-0.25, -0.2) is 14.5 Å². The number of benzene rings is 2. The van der Waals surface area contributed by atoms with Gasteiger partial charge < -0.3 is 4.74 Å². The third-order valence-corrected chi connectivity index (χ3v) is 5.49. The molecule has 0 N–H and O–H groups in total. The van der Waals surface area contributed by atoms with Crippen LogP contribution in [0.15, 0.2) is 73.1 Å². The van der Waals surface area contributed by atoms with Gasteiger partial charge in [-0.3, -0.25) is 4.98 Å². The minimum Gasteiger partial charge on any atom is -0.462 e. The summed E-state index contributed by atoms with van der Waals surface area (Å²) in [4.78, 5) is 22.9. The summed E-state index contributed by atoms with van der Waals surface area (Å²) in [6.07, 6.45) is 3.58. The number of fused-ring (bicyclic) bond motifs is 2. The second-order valence-corrected chi connectivity index (χ2v) is 7.41. The summed E-state index contributed by atoms with van der Waals surface area (Å²) in [5.74, 6) is -0.409. The molecule has 0 spiro atoms. The maximum absolute atomic E-state index is 13.3. The van der Waals surface area contributed by atoms with Crippen molar-refractivity contribution in [3.8, 4) is 22.4 Å². The molecule has 0 bridgehead atoms. The Kier molecular flexibility index (Phi) is 5.11. The van der Waals surface area contributed by atoms with Crippen molar-refractivity contribution in [2.24, 2.45) is 0 Å². The number of carbonyl (C=O) groups is 1. The largest absolute Gasteiger partial charge is 0.462 e. The fourth-order valence-electron chi connectivity index (χ4n) is 4.03. The van der Waals surface area contributed by atoms with E-state index in [-0.39, 0.29) is 6.61 Å². The molecule has 0 radical (unpaired) electrons. The van der Waals surface area contributed by atoms with Crippen LogP contribution in [0.4, 0.5) is 0 Å². The summed E-state index contributed by atoms with van der Waals surface area (Å²) in [5.41, 5.74) is 5.04. The number of ether oxygens (including phenoxy) is 1. The van der Waals surface area contributed by atoms with Crippen LogP contribution in [0, 0.1) is 0 Å². The Morgan fingerprint density at radius 1 is 0.969 bits per heavy atom. The molecule has 2 aromatic carbocycles. The van der Waals surface area contributed by atoms with Crippen LogP contribution in [0.3, 0.4) is 0 Å². The van der Waals surface area contributed by atoms with E-state index in [9.17, 15) is 4.79 Å². The van der Waals surface area contributed by atoms with Crippen LogP contribution >= 0.6 is 0 Å². The van der Waals surface area contributed by atoms with Crippen LogP contribution in [0.2, 0.25) is 0 Å². The highest BCUT2D eigenvalue weighted by atomic mass is 16.5. The Labute approximate surface area is 185 Å².